The Kier molecular flexibility index (Phi) is 3.91. The lowest BCUT2D eigenvalue weighted by Gasteiger charge is -2.27. The van der Waals surface area contributed by atoms with Gasteiger partial charge in [-0.1, -0.05) is 0 Å². The molecule has 3 aromatic rings. The van der Waals surface area contributed by atoms with Gasteiger partial charge in [-0.25, -0.2) is 9.18 Å². The lowest BCUT2D eigenvalue weighted by atomic mass is 10.0. The third-order valence-corrected chi connectivity index (χ3v) is 4.46. The van der Waals surface area contributed by atoms with Crippen molar-refractivity contribution in [3.05, 3.63) is 64.9 Å². The summed E-state index contributed by atoms with van der Waals surface area (Å²) in [5.74, 6) is -0.889. The molecule has 0 saturated carbocycles. The molecular formula is C19H15FN2O4. The number of fused-ring (bicyclic) bond motifs is 2. The molecule has 0 saturated heterocycles. The number of nitrogens with zero attached hydrogens (tertiary/aromatic N) is 2. The number of amides is 1. The first-order valence-corrected chi connectivity index (χ1v) is 8.09. The van der Waals surface area contributed by atoms with E-state index in [1.807, 2.05) is 6.07 Å². The van der Waals surface area contributed by atoms with Gasteiger partial charge in [0, 0.05) is 24.3 Å². The zero-order valence-corrected chi connectivity index (χ0v) is 14.0. The first kappa shape index (κ1) is 16.3. The van der Waals surface area contributed by atoms with Crippen LogP contribution in [0.4, 0.5) is 4.39 Å². The summed E-state index contributed by atoms with van der Waals surface area (Å²) in [6, 6.07) is 5.84. The molecule has 2 aromatic heterocycles. The Labute approximate surface area is 148 Å². The Balaban J connectivity index is 1.66. The number of hydrogen-bond acceptors (Lipinski definition) is 5. The van der Waals surface area contributed by atoms with Crippen molar-refractivity contribution < 1.29 is 23.1 Å². The maximum Gasteiger partial charge on any atom is 0.341 e. The van der Waals surface area contributed by atoms with Crippen LogP contribution in [0.1, 0.15) is 32.0 Å². The molecule has 1 aliphatic rings. The molecule has 1 aromatic carbocycles. The van der Waals surface area contributed by atoms with Gasteiger partial charge in [-0.2, -0.15) is 0 Å². The Hall–Kier alpha value is -3.22. The Bertz CT molecular complexity index is 1030. The smallest absolute Gasteiger partial charge is 0.341 e. The summed E-state index contributed by atoms with van der Waals surface area (Å²) >= 11 is 0. The van der Waals surface area contributed by atoms with Gasteiger partial charge in [0.2, 0.25) is 0 Å². The van der Waals surface area contributed by atoms with Crippen LogP contribution in [-0.2, 0) is 17.7 Å². The van der Waals surface area contributed by atoms with Crippen molar-refractivity contribution in [2.45, 2.75) is 13.0 Å². The molecule has 0 bridgehead atoms. The van der Waals surface area contributed by atoms with Crippen molar-refractivity contribution in [3.63, 3.8) is 0 Å². The van der Waals surface area contributed by atoms with Crippen molar-refractivity contribution in [2.24, 2.45) is 0 Å². The van der Waals surface area contributed by atoms with E-state index in [0.717, 1.165) is 18.1 Å². The standard InChI is InChI=1S/C19H15FN2O4/c1-25-19(24)15-8-13(20)6-12-7-14(26-17(12)15)10-22-5-3-11-2-4-21-9-16(11)18(22)23/h2,4,6-9H,3,5,10H2,1H3. The molecule has 0 fully saturated rings. The second-order valence-corrected chi connectivity index (χ2v) is 6.09. The molecule has 26 heavy (non-hydrogen) atoms. The van der Waals surface area contributed by atoms with Crippen LogP contribution < -0.4 is 0 Å². The number of ether oxygens (including phenoxy) is 1. The van der Waals surface area contributed by atoms with Crippen LogP contribution in [0, 0.1) is 5.82 Å². The Morgan fingerprint density at radius 1 is 1.38 bits per heavy atom. The lowest BCUT2D eigenvalue weighted by molar-refractivity contribution is 0.0600. The number of methoxy groups -OCH3 is 1. The molecule has 0 radical (unpaired) electrons. The predicted octanol–water partition coefficient (Wildman–Crippen LogP) is 2.95. The molecule has 1 amide bonds. The highest BCUT2D eigenvalue weighted by molar-refractivity contribution is 6.02. The van der Waals surface area contributed by atoms with Crippen molar-refractivity contribution >= 4 is 22.8 Å². The van der Waals surface area contributed by atoms with Crippen molar-refractivity contribution in [3.8, 4) is 0 Å². The lowest BCUT2D eigenvalue weighted by Crippen LogP contribution is -2.37. The Morgan fingerprint density at radius 3 is 3.04 bits per heavy atom. The fraction of sp³-hybridized carbons (Fsp3) is 0.211. The van der Waals surface area contributed by atoms with E-state index in [9.17, 15) is 14.0 Å². The second-order valence-electron chi connectivity index (χ2n) is 6.09. The summed E-state index contributed by atoms with van der Waals surface area (Å²) in [6.07, 6.45) is 3.96. The molecule has 0 atom stereocenters. The summed E-state index contributed by atoms with van der Waals surface area (Å²) in [5, 5.41) is 0.451. The molecule has 4 rings (SSSR count). The maximum absolute atomic E-state index is 13.8. The minimum atomic E-state index is -0.676. The first-order valence-electron chi connectivity index (χ1n) is 8.09. The molecule has 0 N–H and O–H groups in total. The number of halogens is 1. The largest absolute Gasteiger partial charge is 0.465 e. The van der Waals surface area contributed by atoms with Gasteiger partial charge < -0.3 is 14.1 Å². The average Bonchev–Trinajstić information content (AvgIpc) is 3.05. The van der Waals surface area contributed by atoms with E-state index in [4.69, 9.17) is 4.42 Å². The number of rotatable bonds is 3. The van der Waals surface area contributed by atoms with Crippen LogP contribution in [-0.4, -0.2) is 35.4 Å². The summed E-state index contributed by atoms with van der Waals surface area (Å²) in [7, 11) is 1.22. The van der Waals surface area contributed by atoms with Crippen molar-refractivity contribution in [1.82, 2.24) is 9.88 Å². The van der Waals surface area contributed by atoms with Crippen LogP contribution in [0.25, 0.3) is 11.0 Å². The van der Waals surface area contributed by atoms with Crippen LogP contribution in [0.15, 0.2) is 41.1 Å². The number of hydrogen-bond donors (Lipinski definition) is 0. The number of benzene rings is 1. The van der Waals surface area contributed by atoms with Gasteiger partial charge in [-0.15, -0.1) is 0 Å². The summed E-state index contributed by atoms with van der Waals surface area (Å²) in [4.78, 5) is 30.1. The predicted molar refractivity (Wildman–Crippen MR) is 90.2 cm³/mol. The van der Waals surface area contributed by atoms with Gasteiger partial charge in [-0.3, -0.25) is 9.78 Å². The molecule has 6 nitrogen and oxygen atoms in total. The van der Waals surface area contributed by atoms with Gasteiger partial charge in [-0.05, 0) is 36.2 Å². The number of carbonyl (C=O) groups excluding carboxylic acids is 2. The molecule has 0 unspecified atom stereocenters. The van der Waals surface area contributed by atoms with E-state index < -0.39 is 11.8 Å². The highest BCUT2D eigenvalue weighted by Gasteiger charge is 2.26. The molecule has 132 valence electrons. The normalized spacial score (nSPS) is 13.8. The monoisotopic (exact) mass is 354 g/mol. The highest BCUT2D eigenvalue weighted by Crippen LogP contribution is 2.27. The van der Waals surface area contributed by atoms with E-state index in [1.54, 1.807) is 23.4 Å². The third kappa shape index (κ3) is 2.71. The quantitative estimate of drug-likeness (QED) is 0.676. The molecule has 7 heteroatoms. The Morgan fingerprint density at radius 2 is 2.23 bits per heavy atom. The van der Waals surface area contributed by atoms with E-state index >= 15 is 0 Å². The molecule has 0 aliphatic carbocycles. The van der Waals surface area contributed by atoms with Crippen LogP contribution in [0.3, 0.4) is 0 Å². The number of aromatic nitrogens is 1. The molecular weight excluding hydrogens is 339 g/mol. The van der Waals surface area contributed by atoms with Crippen LogP contribution in [0.2, 0.25) is 0 Å². The number of pyridine rings is 1. The molecule has 3 heterocycles. The SMILES string of the molecule is COC(=O)c1cc(F)cc2cc(CN3CCc4ccncc4C3=O)oc12. The molecule has 0 spiro atoms. The molecule has 1 aliphatic heterocycles. The topological polar surface area (TPSA) is 72.6 Å². The van der Waals surface area contributed by atoms with Gasteiger partial charge >= 0.3 is 5.97 Å². The number of carbonyl (C=O) groups is 2. The van der Waals surface area contributed by atoms with Gasteiger partial charge in [0.25, 0.3) is 5.91 Å². The average molecular weight is 354 g/mol. The van der Waals surface area contributed by atoms with Crippen LogP contribution >= 0.6 is 0 Å². The minimum absolute atomic E-state index is 0.0215. The zero-order chi connectivity index (χ0) is 18.3. The fourth-order valence-electron chi connectivity index (χ4n) is 3.21. The van der Waals surface area contributed by atoms with Gasteiger partial charge in [0.05, 0.1) is 19.2 Å². The fourth-order valence-corrected chi connectivity index (χ4v) is 3.21. The minimum Gasteiger partial charge on any atom is -0.465 e. The van der Waals surface area contributed by atoms with E-state index in [-0.39, 0.29) is 23.6 Å². The first-order chi connectivity index (χ1) is 12.6. The summed E-state index contributed by atoms with van der Waals surface area (Å²) < 4.78 is 24.2. The van der Waals surface area contributed by atoms with Gasteiger partial charge in [0.1, 0.15) is 22.7 Å². The van der Waals surface area contributed by atoms with E-state index in [2.05, 4.69) is 9.72 Å². The maximum atomic E-state index is 13.8. The second kappa shape index (κ2) is 6.25. The van der Waals surface area contributed by atoms with Crippen LogP contribution in [0.5, 0.6) is 0 Å². The van der Waals surface area contributed by atoms with E-state index in [0.29, 0.717) is 23.3 Å². The zero-order valence-electron chi connectivity index (χ0n) is 14.0. The van der Waals surface area contributed by atoms with Crippen molar-refractivity contribution in [2.75, 3.05) is 13.7 Å². The van der Waals surface area contributed by atoms with Gasteiger partial charge in [0.15, 0.2) is 0 Å². The number of furan rings is 1. The summed E-state index contributed by atoms with van der Waals surface area (Å²) in [6.45, 7) is 0.773. The third-order valence-electron chi connectivity index (χ3n) is 4.46. The summed E-state index contributed by atoms with van der Waals surface area (Å²) in [5.41, 5.74) is 1.82. The number of esters is 1. The van der Waals surface area contributed by atoms with E-state index in [1.165, 1.54) is 13.2 Å². The van der Waals surface area contributed by atoms with Crippen molar-refractivity contribution in [1.29, 1.82) is 0 Å². The highest BCUT2D eigenvalue weighted by atomic mass is 19.1.